The van der Waals surface area contributed by atoms with Gasteiger partial charge in [-0.25, -0.2) is 4.39 Å². The van der Waals surface area contributed by atoms with Crippen LogP contribution in [0.2, 0.25) is 0 Å². The number of likely N-dealkylation sites (tertiary alicyclic amines) is 1. The molecule has 10 heteroatoms. The second kappa shape index (κ2) is 11.1. The molecular weight excluding hydrogens is 487 g/mol. The molecule has 1 amide bonds. The number of hydrogen-bond acceptors (Lipinski definition) is 8. The molecule has 5 rings (SSSR count). The van der Waals surface area contributed by atoms with Crippen molar-refractivity contribution in [3.05, 3.63) is 47.9 Å². The van der Waals surface area contributed by atoms with Gasteiger partial charge in [0.15, 0.2) is 0 Å². The Morgan fingerprint density at radius 1 is 1.24 bits per heavy atom. The first-order valence-electron chi connectivity index (χ1n) is 13.4. The lowest BCUT2D eigenvalue weighted by Crippen LogP contribution is -2.54. The summed E-state index contributed by atoms with van der Waals surface area (Å²) in [4.78, 5) is 30.3. The lowest BCUT2D eigenvalue weighted by atomic mass is 10.0. The van der Waals surface area contributed by atoms with Gasteiger partial charge in [-0.3, -0.25) is 4.79 Å². The highest BCUT2D eigenvalue weighted by molar-refractivity contribution is 5.87. The van der Waals surface area contributed by atoms with Crippen molar-refractivity contribution in [3.8, 4) is 11.8 Å². The number of ether oxygens (including phenoxy) is 2. The maximum atomic E-state index is 14.9. The standard InChI is InChI=1S/C28H37FN6O3/c1-5-25(36)33-14-15-35(19(2)16-33)27-21-11-13-34(26-22(29)9-6-10-24(26)37-4)17-23(21)30-28(31-27)38-18-20-8-7-12-32(20)3/h5-6,9-10,19-20H,1,7-8,11-18H2,2-4H3/t19-,20-/m0/s1. The van der Waals surface area contributed by atoms with Gasteiger partial charge >= 0.3 is 6.01 Å². The van der Waals surface area contributed by atoms with Gasteiger partial charge in [-0.15, -0.1) is 0 Å². The molecule has 1 aromatic heterocycles. The summed E-state index contributed by atoms with van der Waals surface area (Å²) in [7, 11) is 3.67. The van der Waals surface area contributed by atoms with Crippen molar-refractivity contribution in [3.63, 3.8) is 0 Å². The molecule has 3 aliphatic rings. The Balaban J connectivity index is 1.46. The van der Waals surface area contributed by atoms with Gasteiger partial charge in [0.05, 0.1) is 19.3 Å². The normalized spacial score (nSPS) is 21.8. The second-order valence-electron chi connectivity index (χ2n) is 10.3. The molecule has 0 N–H and O–H groups in total. The first kappa shape index (κ1) is 26.2. The Hall–Kier alpha value is -3.40. The zero-order valence-corrected chi connectivity index (χ0v) is 22.5. The Labute approximate surface area is 223 Å². The highest BCUT2D eigenvalue weighted by Crippen LogP contribution is 2.37. The van der Waals surface area contributed by atoms with Crippen LogP contribution in [0.15, 0.2) is 30.9 Å². The number of aromatic nitrogens is 2. The average molecular weight is 525 g/mol. The Bertz CT molecular complexity index is 1190. The summed E-state index contributed by atoms with van der Waals surface area (Å²) in [5.41, 5.74) is 2.33. The van der Waals surface area contributed by atoms with E-state index >= 15 is 0 Å². The number of carbonyl (C=O) groups excluding carboxylic acids is 1. The third-order valence-electron chi connectivity index (χ3n) is 7.97. The third kappa shape index (κ3) is 5.14. The molecule has 38 heavy (non-hydrogen) atoms. The summed E-state index contributed by atoms with van der Waals surface area (Å²) in [5.74, 6) is 0.975. The molecule has 0 bridgehead atoms. The van der Waals surface area contributed by atoms with Gasteiger partial charge in [0.25, 0.3) is 0 Å². The SMILES string of the molecule is C=CC(=O)N1CCN(c2nc(OC[C@@H]3CCCN3C)nc3c2CCN(c2c(F)cccc2OC)C3)[C@@H](C)C1. The first-order valence-corrected chi connectivity index (χ1v) is 13.4. The number of nitrogens with zero attached hydrogens (tertiary/aromatic N) is 6. The van der Waals surface area contributed by atoms with Crippen molar-refractivity contribution in [1.82, 2.24) is 19.8 Å². The van der Waals surface area contributed by atoms with Gasteiger partial charge in [0, 0.05) is 43.8 Å². The van der Waals surface area contributed by atoms with E-state index < -0.39 is 0 Å². The molecule has 0 radical (unpaired) electrons. The molecule has 1 aromatic carbocycles. The molecule has 2 atom stereocenters. The van der Waals surface area contributed by atoms with E-state index in [0.717, 1.165) is 36.5 Å². The van der Waals surface area contributed by atoms with Gasteiger partial charge < -0.3 is 29.1 Å². The third-order valence-corrected chi connectivity index (χ3v) is 7.97. The molecule has 0 saturated carbocycles. The topological polar surface area (TPSA) is 74.3 Å². The van der Waals surface area contributed by atoms with Crippen LogP contribution < -0.4 is 19.3 Å². The largest absolute Gasteiger partial charge is 0.494 e. The van der Waals surface area contributed by atoms with Crippen molar-refractivity contribution in [2.45, 2.75) is 44.8 Å². The number of fused-ring (bicyclic) bond motifs is 1. The van der Waals surface area contributed by atoms with E-state index in [9.17, 15) is 9.18 Å². The maximum absolute atomic E-state index is 14.9. The Morgan fingerprint density at radius 3 is 2.79 bits per heavy atom. The Morgan fingerprint density at radius 2 is 2.08 bits per heavy atom. The lowest BCUT2D eigenvalue weighted by molar-refractivity contribution is -0.126. The summed E-state index contributed by atoms with van der Waals surface area (Å²) in [6.45, 7) is 10.2. The molecule has 2 aromatic rings. The van der Waals surface area contributed by atoms with Crippen LogP contribution in [0, 0.1) is 5.82 Å². The summed E-state index contributed by atoms with van der Waals surface area (Å²) in [6, 6.07) is 5.63. The highest BCUT2D eigenvalue weighted by Gasteiger charge is 2.33. The minimum absolute atomic E-state index is 0.0552. The van der Waals surface area contributed by atoms with E-state index in [4.69, 9.17) is 19.4 Å². The number of hydrogen-bond donors (Lipinski definition) is 0. The van der Waals surface area contributed by atoms with Gasteiger partial charge in [-0.1, -0.05) is 12.6 Å². The van der Waals surface area contributed by atoms with E-state index in [1.165, 1.54) is 12.1 Å². The number of piperazine rings is 1. The van der Waals surface area contributed by atoms with E-state index in [2.05, 4.69) is 30.4 Å². The van der Waals surface area contributed by atoms with Gasteiger partial charge in [-0.2, -0.15) is 9.97 Å². The predicted molar refractivity (Wildman–Crippen MR) is 144 cm³/mol. The van der Waals surface area contributed by atoms with E-state index in [1.807, 2.05) is 9.80 Å². The number of methoxy groups -OCH3 is 1. The molecule has 2 fully saturated rings. The van der Waals surface area contributed by atoms with Crippen LogP contribution >= 0.6 is 0 Å². The van der Waals surface area contributed by atoms with Crippen LogP contribution in [0.25, 0.3) is 0 Å². The smallest absolute Gasteiger partial charge is 0.318 e. The number of carbonyl (C=O) groups is 1. The van der Waals surface area contributed by atoms with E-state index in [-0.39, 0.29) is 17.8 Å². The zero-order chi connectivity index (χ0) is 26.8. The molecule has 204 valence electrons. The van der Waals surface area contributed by atoms with Crippen LogP contribution in [-0.2, 0) is 17.8 Å². The van der Waals surface area contributed by atoms with Gasteiger partial charge in [-0.05, 0) is 58.0 Å². The maximum Gasteiger partial charge on any atom is 0.318 e. The summed E-state index contributed by atoms with van der Waals surface area (Å²) in [6.07, 6.45) is 4.27. The fourth-order valence-electron chi connectivity index (χ4n) is 5.81. The molecule has 0 spiro atoms. The van der Waals surface area contributed by atoms with Gasteiger partial charge in [0.1, 0.15) is 29.7 Å². The highest BCUT2D eigenvalue weighted by atomic mass is 19.1. The minimum Gasteiger partial charge on any atom is -0.494 e. The summed E-state index contributed by atoms with van der Waals surface area (Å²) in [5, 5.41) is 0. The van der Waals surface area contributed by atoms with Crippen LogP contribution in [-0.4, -0.2) is 91.2 Å². The van der Waals surface area contributed by atoms with Crippen LogP contribution in [0.5, 0.6) is 11.8 Å². The Kier molecular flexibility index (Phi) is 7.69. The van der Waals surface area contributed by atoms with Crippen molar-refractivity contribution in [2.75, 3.05) is 63.3 Å². The molecular formula is C28H37FN6O3. The number of halogens is 1. The number of likely N-dealkylation sites (N-methyl/N-ethyl adjacent to an activating group) is 1. The summed E-state index contributed by atoms with van der Waals surface area (Å²) < 4.78 is 26.6. The minimum atomic E-state index is -0.320. The second-order valence-corrected chi connectivity index (χ2v) is 10.3. The number of rotatable bonds is 7. The molecule has 3 aliphatic heterocycles. The van der Waals surface area contributed by atoms with Gasteiger partial charge in [0.2, 0.25) is 5.91 Å². The van der Waals surface area contributed by atoms with E-state index in [0.29, 0.717) is 69.2 Å². The van der Waals surface area contributed by atoms with Crippen LogP contribution in [0.1, 0.15) is 31.0 Å². The zero-order valence-electron chi connectivity index (χ0n) is 22.5. The van der Waals surface area contributed by atoms with Crippen molar-refractivity contribution < 1.29 is 18.7 Å². The number of benzene rings is 1. The number of anilines is 2. The number of amides is 1. The van der Waals surface area contributed by atoms with Crippen molar-refractivity contribution >= 4 is 17.4 Å². The van der Waals surface area contributed by atoms with Crippen LogP contribution in [0.4, 0.5) is 15.9 Å². The van der Waals surface area contributed by atoms with Crippen LogP contribution in [0.3, 0.4) is 0 Å². The predicted octanol–water partition coefficient (Wildman–Crippen LogP) is 2.88. The molecule has 2 saturated heterocycles. The average Bonchev–Trinajstić information content (AvgIpc) is 3.34. The molecule has 4 heterocycles. The van der Waals surface area contributed by atoms with Crippen molar-refractivity contribution in [2.24, 2.45) is 0 Å². The first-order chi connectivity index (χ1) is 18.4. The molecule has 0 aliphatic carbocycles. The molecule has 0 unspecified atom stereocenters. The lowest BCUT2D eigenvalue weighted by Gasteiger charge is -2.42. The fraction of sp³-hybridized carbons (Fsp3) is 0.536. The van der Waals surface area contributed by atoms with Crippen molar-refractivity contribution in [1.29, 1.82) is 0 Å². The number of para-hydroxylation sites is 1. The summed E-state index contributed by atoms with van der Waals surface area (Å²) >= 11 is 0. The quantitative estimate of drug-likeness (QED) is 0.512. The monoisotopic (exact) mass is 524 g/mol. The van der Waals surface area contributed by atoms with E-state index in [1.54, 1.807) is 19.2 Å². The molecule has 9 nitrogen and oxygen atoms in total. The fourth-order valence-corrected chi connectivity index (χ4v) is 5.81.